The Labute approximate surface area is 334 Å². The smallest absolute Gasteiger partial charge is 0.339 e. The summed E-state index contributed by atoms with van der Waals surface area (Å²) in [5, 5.41) is 8.48. The maximum atomic E-state index is 13.9. The maximum absolute atomic E-state index is 13.9. The van der Waals surface area contributed by atoms with E-state index in [1.165, 1.54) is 103 Å². The molecule has 0 amide bonds. The molecule has 0 atom stereocenters. The second-order valence-electron chi connectivity index (χ2n) is 19.0. The highest BCUT2D eigenvalue weighted by Crippen LogP contribution is 2.45. The molecule has 0 unspecified atom stereocenters. The topological polar surface area (TPSA) is 52.6 Å². The van der Waals surface area contributed by atoms with E-state index in [0.717, 1.165) is 104 Å². The van der Waals surface area contributed by atoms with Crippen LogP contribution in [0.3, 0.4) is 0 Å². The molecular weight excluding hydrogens is 689 g/mol. The van der Waals surface area contributed by atoms with Gasteiger partial charge in [-0.25, -0.2) is 9.59 Å². The van der Waals surface area contributed by atoms with E-state index in [1.807, 2.05) is 12.1 Å². The summed E-state index contributed by atoms with van der Waals surface area (Å²) >= 11 is 0. The Morgan fingerprint density at radius 3 is 1.32 bits per heavy atom. The van der Waals surface area contributed by atoms with E-state index in [2.05, 4.69) is 62.4 Å². The van der Waals surface area contributed by atoms with Crippen molar-refractivity contribution < 1.29 is 19.1 Å². The van der Waals surface area contributed by atoms with Crippen LogP contribution in [0.25, 0.3) is 43.1 Å². The van der Waals surface area contributed by atoms with Crippen LogP contribution in [-0.4, -0.2) is 24.1 Å². The molecule has 4 heteroatoms. The standard InChI is InChI=1S/C52H64O4/c1-3-4-5-8-34-15-19-36(20-16-34)38-23-27-40(28-24-38)56-52(54)48-32-30-46-41-9-6-11-43-47(31-29-45(49(41)43)42-10-7-12-44(48)50(42)46)51(53)55-39-25-21-37(22-26-39)35-17-13-33(2)14-18-35/h6-7,9-12,29-40H,3-5,8,13-28H2,1-2H3. The quantitative estimate of drug-likeness (QED) is 0.0617. The van der Waals surface area contributed by atoms with Gasteiger partial charge in [0.25, 0.3) is 0 Å². The Morgan fingerprint density at radius 2 is 0.875 bits per heavy atom. The average Bonchev–Trinajstić information content (AvgIpc) is 3.23. The summed E-state index contributed by atoms with van der Waals surface area (Å²) in [7, 11) is 0. The van der Waals surface area contributed by atoms with Gasteiger partial charge in [0.2, 0.25) is 0 Å². The zero-order chi connectivity index (χ0) is 38.2. The molecule has 9 rings (SSSR count). The van der Waals surface area contributed by atoms with Crippen LogP contribution < -0.4 is 0 Å². The van der Waals surface area contributed by atoms with Gasteiger partial charge in [-0.1, -0.05) is 114 Å². The monoisotopic (exact) mass is 752 g/mol. The van der Waals surface area contributed by atoms with Crippen molar-refractivity contribution in [3.8, 4) is 0 Å². The lowest BCUT2D eigenvalue weighted by Gasteiger charge is -2.37. The Morgan fingerprint density at radius 1 is 0.482 bits per heavy atom. The molecule has 0 spiro atoms. The van der Waals surface area contributed by atoms with Crippen LogP contribution in [-0.2, 0) is 9.47 Å². The number of ether oxygens (including phenoxy) is 2. The van der Waals surface area contributed by atoms with Crippen LogP contribution in [0.5, 0.6) is 0 Å². The van der Waals surface area contributed by atoms with Crippen molar-refractivity contribution in [2.75, 3.05) is 0 Å². The fraction of sp³-hybridized carbons (Fsp3) is 0.577. The molecule has 56 heavy (non-hydrogen) atoms. The Bertz CT molecular complexity index is 2110. The normalized spacial score (nSPS) is 28.9. The molecule has 0 saturated heterocycles. The third-order valence-electron chi connectivity index (χ3n) is 15.6. The van der Waals surface area contributed by atoms with E-state index in [0.29, 0.717) is 11.1 Å². The molecule has 4 saturated carbocycles. The van der Waals surface area contributed by atoms with Gasteiger partial charge in [0, 0.05) is 0 Å². The minimum atomic E-state index is -0.204. The summed E-state index contributed by atoms with van der Waals surface area (Å²) in [6.07, 6.45) is 25.3. The first-order chi connectivity index (χ1) is 27.4. The lowest BCUT2D eigenvalue weighted by Crippen LogP contribution is -2.29. The number of hydrogen-bond acceptors (Lipinski definition) is 4. The molecule has 0 aliphatic heterocycles. The van der Waals surface area contributed by atoms with Gasteiger partial charge < -0.3 is 9.47 Å². The van der Waals surface area contributed by atoms with E-state index < -0.39 is 0 Å². The van der Waals surface area contributed by atoms with Gasteiger partial charge in [-0.3, -0.25) is 0 Å². The van der Waals surface area contributed by atoms with Crippen LogP contribution in [0, 0.1) is 35.5 Å². The van der Waals surface area contributed by atoms with Gasteiger partial charge in [0.1, 0.15) is 12.2 Å². The highest BCUT2D eigenvalue weighted by atomic mass is 16.5. The molecule has 0 heterocycles. The molecule has 4 aliphatic carbocycles. The van der Waals surface area contributed by atoms with Crippen molar-refractivity contribution in [1.29, 1.82) is 0 Å². The predicted octanol–water partition coefficient (Wildman–Crippen LogP) is 14.4. The fourth-order valence-electron chi connectivity index (χ4n) is 12.2. The van der Waals surface area contributed by atoms with Crippen LogP contribution in [0.1, 0.15) is 163 Å². The SMILES string of the molecule is CCCCCC1CCC(C2CCC(OC(=O)c3ccc4c5cccc6c(C(=O)OC7CCC(C8CCC(C)CC8)CC7)ccc(c7cccc3c74)c65)CC2)CC1. The number of carbonyl (C=O) groups is 2. The van der Waals surface area contributed by atoms with Gasteiger partial charge in [0.15, 0.2) is 0 Å². The first-order valence-corrected chi connectivity index (χ1v) is 23.0. The van der Waals surface area contributed by atoms with E-state index >= 15 is 0 Å². The van der Waals surface area contributed by atoms with Crippen LogP contribution >= 0.6 is 0 Å². The lowest BCUT2D eigenvalue weighted by atomic mass is 9.70. The molecule has 0 bridgehead atoms. The minimum Gasteiger partial charge on any atom is -0.459 e. The van der Waals surface area contributed by atoms with Crippen LogP contribution in [0.15, 0.2) is 60.7 Å². The third kappa shape index (κ3) is 7.56. The van der Waals surface area contributed by atoms with Gasteiger partial charge in [0.05, 0.1) is 11.1 Å². The number of rotatable bonds is 10. The molecule has 4 fully saturated rings. The Balaban J connectivity index is 0.886. The average molecular weight is 753 g/mol. The largest absolute Gasteiger partial charge is 0.459 e. The number of carbonyl (C=O) groups excluding carboxylic acids is 2. The van der Waals surface area contributed by atoms with Crippen molar-refractivity contribution in [2.24, 2.45) is 35.5 Å². The van der Waals surface area contributed by atoms with Crippen molar-refractivity contribution in [2.45, 2.75) is 154 Å². The van der Waals surface area contributed by atoms with Gasteiger partial charge in [-0.15, -0.1) is 0 Å². The summed E-state index contributed by atoms with van der Waals surface area (Å²) in [5.41, 5.74) is 1.30. The summed E-state index contributed by atoms with van der Waals surface area (Å²) in [5.74, 6) is 4.75. The second-order valence-corrected chi connectivity index (χ2v) is 19.0. The first kappa shape index (κ1) is 37.9. The summed E-state index contributed by atoms with van der Waals surface area (Å²) in [4.78, 5) is 27.8. The zero-order valence-electron chi connectivity index (χ0n) is 34.2. The van der Waals surface area contributed by atoms with E-state index in [1.54, 1.807) is 0 Å². The predicted molar refractivity (Wildman–Crippen MR) is 231 cm³/mol. The van der Waals surface area contributed by atoms with Crippen molar-refractivity contribution >= 4 is 55.0 Å². The van der Waals surface area contributed by atoms with Crippen LogP contribution in [0.2, 0.25) is 0 Å². The summed E-state index contributed by atoms with van der Waals surface area (Å²) < 4.78 is 12.6. The number of unbranched alkanes of at least 4 members (excludes halogenated alkanes) is 2. The Hall–Kier alpha value is -3.66. The van der Waals surface area contributed by atoms with Gasteiger partial charge in [-0.05, 0) is 168 Å². The molecule has 4 nitrogen and oxygen atoms in total. The molecular formula is C52H64O4. The zero-order valence-corrected chi connectivity index (χ0v) is 34.2. The van der Waals surface area contributed by atoms with E-state index in [4.69, 9.17) is 9.47 Å². The summed E-state index contributed by atoms with van der Waals surface area (Å²) in [6.45, 7) is 4.70. The maximum Gasteiger partial charge on any atom is 0.339 e. The number of benzene rings is 5. The van der Waals surface area contributed by atoms with E-state index in [9.17, 15) is 9.59 Å². The third-order valence-corrected chi connectivity index (χ3v) is 15.6. The van der Waals surface area contributed by atoms with E-state index in [-0.39, 0.29) is 24.1 Å². The van der Waals surface area contributed by atoms with Crippen LogP contribution in [0.4, 0.5) is 0 Å². The molecule has 5 aromatic carbocycles. The second kappa shape index (κ2) is 16.7. The summed E-state index contributed by atoms with van der Waals surface area (Å²) in [6, 6.07) is 20.7. The van der Waals surface area contributed by atoms with Gasteiger partial charge in [-0.2, -0.15) is 0 Å². The molecule has 296 valence electrons. The lowest BCUT2D eigenvalue weighted by molar-refractivity contribution is 0.0104. The highest BCUT2D eigenvalue weighted by molar-refractivity contribution is 6.35. The van der Waals surface area contributed by atoms with Crippen molar-refractivity contribution in [3.63, 3.8) is 0 Å². The van der Waals surface area contributed by atoms with Crippen molar-refractivity contribution in [1.82, 2.24) is 0 Å². The molecule has 4 aliphatic rings. The van der Waals surface area contributed by atoms with Crippen molar-refractivity contribution in [3.05, 3.63) is 71.8 Å². The Kier molecular flexibility index (Phi) is 11.3. The fourth-order valence-corrected chi connectivity index (χ4v) is 12.2. The molecule has 0 aromatic heterocycles. The number of hydrogen-bond donors (Lipinski definition) is 0. The minimum absolute atomic E-state index is 0.000289. The van der Waals surface area contributed by atoms with Gasteiger partial charge >= 0.3 is 11.9 Å². The number of fused-ring (bicyclic) bond motifs is 2. The molecule has 0 radical (unpaired) electrons. The highest BCUT2D eigenvalue weighted by Gasteiger charge is 2.34. The molecule has 5 aromatic rings. The number of esters is 2. The first-order valence-electron chi connectivity index (χ1n) is 23.0. The molecule has 0 N–H and O–H groups in total.